The number of hydrogen-bond acceptors (Lipinski definition) is 4. The molecule has 3 rings (SSSR count). The molecule has 2 aromatic rings. The highest BCUT2D eigenvalue weighted by Gasteiger charge is 2.30. The minimum Gasteiger partial charge on any atom is -0.467 e. The van der Waals surface area contributed by atoms with Crippen molar-refractivity contribution in [2.75, 3.05) is 5.75 Å². The maximum absolute atomic E-state index is 12.8. The van der Waals surface area contributed by atoms with Crippen LogP contribution in [0.2, 0.25) is 0 Å². The van der Waals surface area contributed by atoms with Gasteiger partial charge in [0.2, 0.25) is 5.91 Å². The van der Waals surface area contributed by atoms with Gasteiger partial charge in [0, 0.05) is 11.9 Å². The molecule has 0 radical (unpaired) electrons. The molecule has 4 nitrogen and oxygen atoms in total. The van der Waals surface area contributed by atoms with Crippen molar-refractivity contribution >= 4 is 17.7 Å². The SMILES string of the molecule is O=C(CSc1ccc(C(F)(F)F)cn1)N(Cc1ccco1)C1=CCCCC1. The number of hydrogen-bond donors (Lipinski definition) is 0. The van der Waals surface area contributed by atoms with Crippen molar-refractivity contribution in [2.24, 2.45) is 0 Å². The average Bonchev–Trinajstić information content (AvgIpc) is 3.18. The van der Waals surface area contributed by atoms with Gasteiger partial charge in [-0.1, -0.05) is 17.8 Å². The summed E-state index contributed by atoms with van der Waals surface area (Å²) < 4.78 is 43.2. The van der Waals surface area contributed by atoms with E-state index in [9.17, 15) is 18.0 Å². The number of amides is 1. The summed E-state index contributed by atoms with van der Waals surface area (Å²) in [4.78, 5) is 18.3. The predicted octanol–water partition coefficient (Wildman–Crippen LogP) is 5.27. The number of carbonyl (C=O) groups excluding carboxylic acids is 1. The summed E-state index contributed by atoms with van der Waals surface area (Å²) in [5.41, 5.74) is 0.175. The first-order valence-corrected chi connectivity index (χ1v) is 9.60. The molecule has 2 heterocycles. The Morgan fingerprint density at radius 1 is 1.26 bits per heavy atom. The van der Waals surface area contributed by atoms with Gasteiger partial charge in [-0.05, 0) is 49.9 Å². The summed E-state index contributed by atoms with van der Waals surface area (Å²) in [5, 5.41) is 0.381. The van der Waals surface area contributed by atoms with Crippen LogP contribution in [0.3, 0.4) is 0 Å². The highest BCUT2D eigenvalue weighted by Crippen LogP contribution is 2.30. The van der Waals surface area contributed by atoms with Gasteiger partial charge in [-0.15, -0.1) is 0 Å². The van der Waals surface area contributed by atoms with Crippen molar-refractivity contribution in [3.8, 4) is 0 Å². The molecule has 2 aromatic heterocycles. The van der Waals surface area contributed by atoms with Gasteiger partial charge in [0.1, 0.15) is 5.76 Å². The summed E-state index contributed by atoms with van der Waals surface area (Å²) in [6.07, 6.45) is 3.91. The van der Waals surface area contributed by atoms with E-state index in [-0.39, 0.29) is 11.7 Å². The summed E-state index contributed by atoms with van der Waals surface area (Å²) >= 11 is 1.13. The molecule has 0 bridgehead atoms. The topological polar surface area (TPSA) is 46.3 Å². The van der Waals surface area contributed by atoms with Gasteiger partial charge in [0.15, 0.2) is 0 Å². The van der Waals surface area contributed by atoms with E-state index in [4.69, 9.17) is 4.42 Å². The molecule has 0 atom stereocenters. The normalized spacial score (nSPS) is 14.7. The lowest BCUT2D eigenvalue weighted by Crippen LogP contribution is -2.32. The number of alkyl halides is 3. The fraction of sp³-hybridized carbons (Fsp3) is 0.368. The Balaban J connectivity index is 1.66. The van der Waals surface area contributed by atoms with Gasteiger partial charge in [-0.25, -0.2) is 4.98 Å². The van der Waals surface area contributed by atoms with Gasteiger partial charge in [-0.3, -0.25) is 4.79 Å². The number of carbonyl (C=O) groups is 1. The van der Waals surface area contributed by atoms with E-state index in [1.807, 2.05) is 6.07 Å². The van der Waals surface area contributed by atoms with Crippen molar-refractivity contribution < 1.29 is 22.4 Å². The fourth-order valence-corrected chi connectivity index (χ4v) is 3.54. The predicted molar refractivity (Wildman–Crippen MR) is 95.8 cm³/mol. The van der Waals surface area contributed by atoms with E-state index in [1.165, 1.54) is 6.07 Å². The molecule has 0 saturated heterocycles. The lowest BCUT2D eigenvalue weighted by Gasteiger charge is -2.27. The van der Waals surface area contributed by atoms with Crippen LogP contribution in [0.5, 0.6) is 0 Å². The molecular weight excluding hydrogens is 377 g/mol. The molecule has 1 amide bonds. The summed E-state index contributed by atoms with van der Waals surface area (Å²) in [6.45, 7) is 0.346. The van der Waals surface area contributed by atoms with Gasteiger partial charge in [0.25, 0.3) is 0 Å². The highest BCUT2D eigenvalue weighted by atomic mass is 32.2. The van der Waals surface area contributed by atoms with Crippen molar-refractivity contribution in [1.29, 1.82) is 0 Å². The van der Waals surface area contributed by atoms with Crippen LogP contribution in [0.25, 0.3) is 0 Å². The number of thioether (sulfide) groups is 1. The zero-order chi connectivity index (χ0) is 19.3. The molecule has 0 fully saturated rings. The third kappa shape index (κ3) is 5.38. The molecule has 0 N–H and O–H groups in total. The summed E-state index contributed by atoms with van der Waals surface area (Å²) in [5.74, 6) is 0.662. The van der Waals surface area contributed by atoms with E-state index in [1.54, 1.807) is 17.2 Å². The van der Waals surface area contributed by atoms with Crippen molar-refractivity contribution in [3.63, 3.8) is 0 Å². The van der Waals surface area contributed by atoms with E-state index in [0.717, 1.165) is 55.4 Å². The van der Waals surface area contributed by atoms with E-state index >= 15 is 0 Å². The molecule has 27 heavy (non-hydrogen) atoms. The van der Waals surface area contributed by atoms with Crippen LogP contribution in [0.4, 0.5) is 13.2 Å². The number of allylic oxidation sites excluding steroid dienone is 2. The standard InChI is InChI=1S/C19H19F3N2O2S/c20-19(21,22)14-8-9-17(23-11-14)27-13-18(25)24(12-16-7-4-10-26-16)15-5-2-1-3-6-15/h4-5,7-11H,1-3,6,12-13H2. The molecule has 0 spiro atoms. The fourth-order valence-electron chi connectivity index (χ4n) is 2.82. The molecule has 0 saturated carbocycles. The number of pyridine rings is 1. The van der Waals surface area contributed by atoms with Crippen LogP contribution >= 0.6 is 11.8 Å². The monoisotopic (exact) mass is 396 g/mol. The summed E-state index contributed by atoms with van der Waals surface area (Å²) in [6, 6.07) is 5.85. The van der Waals surface area contributed by atoms with Crippen molar-refractivity contribution in [1.82, 2.24) is 9.88 Å². The second-order valence-electron chi connectivity index (χ2n) is 6.17. The molecule has 1 aliphatic rings. The number of aromatic nitrogens is 1. The average molecular weight is 396 g/mol. The Labute approximate surface area is 159 Å². The van der Waals surface area contributed by atoms with Crippen LogP contribution in [0.15, 0.2) is 57.9 Å². The molecule has 0 aromatic carbocycles. The minimum absolute atomic E-state index is 0.0937. The first kappa shape index (κ1) is 19.5. The number of nitrogens with zero attached hydrogens (tertiary/aromatic N) is 2. The van der Waals surface area contributed by atoms with E-state index < -0.39 is 11.7 Å². The Morgan fingerprint density at radius 2 is 2.11 bits per heavy atom. The third-order valence-electron chi connectivity index (χ3n) is 4.22. The Morgan fingerprint density at radius 3 is 2.70 bits per heavy atom. The van der Waals surface area contributed by atoms with Gasteiger partial charge < -0.3 is 9.32 Å². The van der Waals surface area contributed by atoms with Crippen LogP contribution in [0.1, 0.15) is 37.0 Å². The second kappa shape index (κ2) is 8.65. The van der Waals surface area contributed by atoms with Crippen LogP contribution < -0.4 is 0 Å². The largest absolute Gasteiger partial charge is 0.467 e. The second-order valence-corrected chi connectivity index (χ2v) is 7.17. The van der Waals surface area contributed by atoms with Crippen LogP contribution in [-0.2, 0) is 17.5 Å². The third-order valence-corrected chi connectivity index (χ3v) is 5.14. The smallest absolute Gasteiger partial charge is 0.417 e. The first-order chi connectivity index (χ1) is 12.9. The van der Waals surface area contributed by atoms with Gasteiger partial charge in [-0.2, -0.15) is 13.2 Å². The number of halogens is 3. The molecular formula is C19H19F3N2O2S. The quantitative estimate of drug-likeness (QED) is 0.624. The number of furan rings is 1. The van der Waals surface area contributed by atoms with Crippen molar-refractivity contribution in [3.05, 3.63) is 59.8 Å². The molecule has 0 unspecified atom stereocenters. The number of rotatable bonds is 6. The Hall–Kier alpha value is -2.22. The molecule has 1 aliphatic carbocycles. The maximum Gasteiger partial charge on any atom is 0.417 e. The van der Waals surface area contributed by atoms with Gasteiger partial charge in [0.05, 0.1) is 29.2 Å². The Kier molecular flexibility index (Phi) is 6.26. The minimum atomic E-state index is -4.42. The van der Waals surface area contributed by atoms with Gasteiger partial charge >= 0.3 is 6.18 Å². The highest BCUT2D eigenvalue weighted by molar-refractivity contribution is 7.99. The lowest BCUT2D eigenvalue weighted by atomic mass is 10.0. The van der Waals surface area contributed by atoms with Crippen molar-refractivity contribution in [2.45, 2.75) is 43.4 Å². The molecule has 0 aliphatic heterocycles. The first-order valence-electron chi connectivity index (χ1n) is 8.61. The van der Waals surface area contributed by atoms with E-state index in [2.05, 4.69) is 11.1 Å². The maximum atomic E-state index is 12.8. The zero-order valence-electron chi connectivity index (χ0n) is 14.5. The van der Waals surface area contributed by atoms with Crippen LogP contribution in [-0.4, -0.2) is 21.5 Å². The Bertz CT molecular complexity index is 786. The molecule has 8 heteroatoms. The van der Waals surface area contributed by atoms with E-state index in [0.29, 0.717) is 17.3 Å². The van der Waals surface area contributed by atoms with Crippen LogP contribution in [0, 0.1) is 0 Å². The lowest BCUT2D eigenvalue weighted by molar-refractivity contribution is -0.138. The summed E-state index contributed by atoms with van der Waals surface area (Å²) in [7, 11) is 0. The zero-order valence-corrected chi connectivity index (χ0v) is 15.4. The molecule has 144 valence electrons.